The average Bonchev–Trinajstić information content (AvgIpc) is 2.14. The molecular formula is C8H15NO3. The third-order valence-corrected chi connectivity index (χ3v) is 0.897. The molecule has 0 aliphatic rings. The Labute approximate surface area is 77.6 Å². The van der Waals surface area contributed by atoms with Crippen molar-refractivity contribution in [2.24, 2.45) is 5.92 Å². The number of rotatable bonds is 4. The molecule has 0 saturated heterocycles. The maximum Gasteiger partial charge on any atom is 0.326 e. The lowest BCUT2D eigenvalue weighted by molar-refractivity contribution is -0.142. The number of carboxylic acids is 1. The predicted molar refractivity (Wildman–Crippen MR) is 44.7 cm³/mol. The minimum atomic E-state index is -2.95. The van der Waals surface area contributed by atoms with Crippen LogP contribution >= 0.6 is 0 Å². The summed E-state index contributed by atoms with van der Waals surface area (Å²) in [4.78, 5) is 21.9. The quantitative estimate of drug-likeness (QED) is 0.661. The van der Waals surface area contributed by atoms with E-state index in [0.29, 0.717) is 0 Å². The molecule has 1 unspecified atom stereocenters. The van der Waals surface area contributed by atoms with Crippen molar-refractivity contribution in [2.45, 2.75) is 33.2 Å². The standard InChI is InChI=1S/C8H15NO3/c1-5(2)4-7(8(11)12)9-6(3)10/h5,7H,4H2,1-3H3,(H,9,10)(H,11,12)/i4D2,7D/hD. The number of amides is 1. The fraction of sp³-hybridized carbons (Fsp3) is 0.750. The van der Waals surface area contributed by atoms with Gasteiger partial charge in [-0.25, -0.2) is 4.79 Å². The highest BCUT2D eigenvalue weighted by molar-refractivity contribution is 5.81. The van der Waals surface area contributed by atoms with Gasteiger partial charge in [-0.1, -0.05) is 13.8 Å². The second-order valence-corrected chi connectivity index (χ2v) is 2.58. The number of carboxylic acid groups (broad SMARTS) is 1. The van der Waals surface area contributed by atoms with Crippen LogP contribution < -0.4 is 5.31 Å². The molecule has 1 amide bonds. The summed E-state index contributed by atoms with van der Waals surface area (Å²) in [6.45, 7) is 3.69. The second kappa shape index (κ2) is 4.74. The molecule has 0 radical (unpaired) electrons. The fourth-order valence-corrected chi connectivity index (χ4v) is 0.573. The highest BCUT2D eigenvalue weighted by atomic mass is 16.4. The SMILES string of the molecule is [2H]N(C(C)=O)C([2H])(C(=O)O)C([2H])([2H])C(C)C. The molecule has 0 fully saturated rings. The first-order chi connectivity index (χ1) is 6.99. The first kappa shape index (κ1) is 5.56. The fourth-order valence-electron chi connectivity index (χ4n) is 0.573. The molecule has 2 N–H and O–H groups in total. The van der Waals surface area contributed by atoms with Crippen LogP contribution in [0.4, 0.5) is 0 Å². The molecule has 0 bridgehead atoms. The number of carbonyl (C=O) groups excluding carboxylic acids is 1. The first-order valence-electron chi connectivity index (χ1n) is 5.47. The molecule has 0 heterocycles. The Hall–Kier alpha value is -1.06. The van der Waals surface area contributed by atoms with Crippen LogP contribution in [-0.2, 0) is 9.59 Å². The van der Waals surface area contributed by atoms with Crippen LogP contribution in [0.5, 0.6) is 0 Å². The van der Waals surface area contributed by atoms with Crippen LogP contribution in [0.25, 0.3) is 0 Å². The number of hydrogen-bond acceptors (Lipinski definition) is 2. The van der Waals surface area contributed by atoms with E-state index >= 15 is 0 Å². The Balaban J connectivity index is 5.62. The summed E-state index contributed by atoms with van der Waals surface area (Å²) in [5.41, 5.74) is 0. The molecule has 4 nitrogen and oxygen atoms in total. The van der Waals surface area contributed by atoms with Crippen molar-refractivity contribution in [3.8, 4) is 0 Å². The Kier molecular flexibility index (Phi) is 2.20. The highest BCUT2D eigenvalue weighted by Gasteiger charge is 2.18. The minimum absolute atomic E-state index is 0.144. The van der Waals surface area contributed by atoms with Gasteiger partial charge in [0.15, 0.2) is 1.41 Å². The monoisotopic (exact) mass is 177 g/mol. The van der Waals surface area contributed by atoms with E-state index in [4.69, 9.17) is 10.6 Å². The molecule has 0 rings (SSSR count). The van der Waals surface area contributed by atoms with Gasteiger partial charge in [0.2, 0.25) is 5.91 Å². The lowest BCUT2D eigenvalue weighted by atomic mass is 10.0. The van der Waals surface area contributed by atoms with Crippen molar-refractivity contribution in [1.29, 1.82) is 0 Å². The van der Waals surface area contributed by atoms with Crippen LogP contribution in [0, 0.1) is 5.92 Å². The van der Waals surface area contributed by atoms with Crippen molar-refractivity contribution < 1.29 is 20.2 Å². The van der Waals surface area contributed by atoms with Gasteiger partial charge in [0.1, 0.15) is 6.02 Å². The van der Waals surface area contributed by atoms with Gasteiger partial charge in [-0.15, -0.1) is 0 Å². The summed E-state index contributed by atoms with van der Waals surface area (Å²) in [6.07, 6.45) is -2.54. The molecule has 0 aromatic heterocycles. The Morgan fingerprint density at radius 3 is 2.50 bits per heavy atom. The molecule has 0 saturated carbocycles. The Morgan fingerprint density at radius 1 is 1.75 bits per heavy atom. The molecule has 1 atom stereocenters. The van der Waals surface area contributed by atoms with Crippen LogP contribution in [0.1, 0.15) is 31.3 Å². The summed E-state index contributed by atoms with van der Waals surface area (Å²) < 4.78 is 30.0. The van der Waals surface area contributed by atoms with Crippen LogP contribution in [0.3, 0.4) is 0 Å². The van der Waals surface area contributed by atoms with E-state index in [0.717, 1.165) is 6.92 Å². The molecule has 0 aromatic carbocycles. The summed E-state index contributed by atoms with van der Waals surface area (Å²) in [5.74, 6) is -3.69. The minimum Gasteiger partial charge on any atom is -0.480 e. The van der Waals surface area contributed by atoms with Crippen molar-refractivity contribution in [1.82, 2.24) is 5.31 Å². The van der Waals surface area contributed by atoms with Gasteiger partial charge >= 0.3 is 5.97 Å². The summed E-state index contributed by atoms with van der Waals surface area (Å²) in [5, 5.41) is 8.75. The van der Waals surface area contributed by atoms with Gasteiger partial charge in [0, 0.05) is 9.67 Å². The number of nitrogens with one attached hydrogen (secondary N) is 1. The number of aliphatic carboxylic acids is 1. The lowest BCUT2D eigenvalue weighted by Crippen LogP contribution is -2.40. The number of hydrogen-bond donors (Lipinski definition) is 2. The summed E-state index contributed by atoms with van der Waals surface area (Å²) in [7, 11) is 0. The Morgan fingerprint density at radius 2 is 2.25 bits per heavy atom. The molecule has 0 spiro atoms. The zero-order chi connectivity index (χ0) is 13.3. The summed E-state index contributed by atoms with van der Waals surface area (Å²) >= 11 is 0. The topological polar surface area (TPSA) is 66.4 Å². The molecule has 0 aromatic rings. The van der Waals surface area contributed by atoms with E-state index in [1.165, 1.54) is 13.8 Å². The van der Waals surface area contributed by atoms with Crippen molar-refractivity contribution in [2.75, 3.05) is 0 Å². The zero-order valence-corrected chi connectivity index (χ0v) is 7.29. The van der Waals surface area contributed by atoms with E-state index < -0.39 is 30.2 Å². The first-order valence-corrected chi connectivity index (χ1v) is 3.52. The largest absolute Gasteiger partial charge is 0.480 e. The van der Waals surface area contributed by atoms with E-state index in [2.05, 4.69) is 0 Å². The third kappa shape index (κ3) is 4.71. The number of carbonyl (C=O) groups is 2. The third-order valence-electron chi connectivity index (χ3n) is 0.897. The van der Waals surface area contributed by atoms with Gasteiger partial charge in [-0.2, -0.15) is 0 Å². The lowest BCUT2D eigenvalue weighted by Gasteiger charge is -2.14. The van der Waals surface area contributed by atoms with Gasteiger partial charge in [0.05, 0.1) is 1.37 Å². The van der Waals surface area contributed by atoms with E-state index in [9.17, 15) is 9.59 Å². The predicted octanol–water partition coefficient (Wildman–Crippen LogP) is 0.622. The van der Waals surface area contributed by atoms with Crippen molar-refractivity contribution in [3.63, 3.8) is 0 Å². The van der Waals surface area contributed by atoms with E-state index in [1.54, 1.807) is 0 Å². The van der Waals surface area contributed by atoms with E-state index in [1.807, 2.05) is 0 Å². The van der Waals surface area contributed by atoms with Gasteiger partial charge < -0.3 is 10.4 Å². The molecular weight excluding hydrogens is 158 g/mol. The highest BCUT2D eigenvalue weighted by Crippen LogP contribution is 2.04. The molecule has 0 aliphatic carbocycles. The van der Waals surface area contributed by atoms with Crippen LogP contribution in [0.15, 0.2) is 0 Å². The van der Waals surface area contributed by atoms with Crippen molar-refractivity contribution in [3.05, 3.63) is 0 Å². The molecule has 12 heavy (non-hydrogen) atoms. The molecule has 0 aliphatic heterocycles. The maximum absolute atomic E-state index is 11.0. The maximum atomic E-state index is 11.0. The molecule has 4 heteroatoms. The van der Waals surface area contributed by atoms with E-state index in [-0.39, 0.29) is 5.31 Å². The molecule has 70 valence electrons. The average molecular weight is 177 g/mol. The summed E-state index contributed by atoms with van der Waals surface area (Å²) in [6, 6.07) is -2.95. The zero-order valence-electron chi connectivity index (χ0n) is 11.3. The van der Waals surface area contributed by atoms with Crippen LogP contribution in [0.2, 0.25) is 1.41 Å². The Bertz CT molecular complexity index is 308. The smallest absolute Gasteiger partial charge is 0.326 e. The van der Waals surface area contributed by atoms with Crippen LogP contribution in [-0.4, -0.2) is 23.0 Å². The van der Waals surface area contributed by atoms with Gasteiger partial charge in [0.25, 0.3) is 0 Å². The van der Waals surface area contributed by atoms with Crippen molar-refractivity contribution >= 4 is 11.9 Å². The second-order valence-electron chi connectivity index (χ2n) is 2.58. The normalized spacial score (nSPS) is 21.3. The van der Waals surface area contributed by atoms with Gasteiger partial charge in [-0.05, 0) is 12.3 Å². The van der Waals surface area contributed by atoms with Gasteiger partial charge in [-0.3, -0.25) is 4.79 Å².